The molecule has 0 bridgehead atoms. The van der Waals surface area contributed by atoms with E-state index in [2.05, 4.69) is 54.5 Å². The van der Waals surface area contributed by atoms with Gasteiger partial charge in [-0.3, -0.25) is 0 Å². The average Bonchev–Trinajstić information content (AvgIpc) is 2.79. The van der Waals surface area contributed by atoms with E-state index in [-0.39, 0.29) is 0 Å². The topological polar surface area (TPSA) is 15.3 Å². The fourth-order valence-corrected chi connectivity index (χ4v) is 2.87. The van der Waals surface area contributed by atoms with Crippen molar-refractivity contribution in [2.24, 2.45) is 5.41 Å². The van der Waals surface area contributed by atoms with E-state index in [0.29, 0.717) is 5.41 Å². The van der Waals surface area contributed by atoms with Crippen molar-refractivity contribution >= 4 is 0 Å². The lowest BCUT2D eigenvalue weighted by Gasteiger charge is -2.32. The first-order valence-electron chi connectivity index (χ1n) is 6.67. The molecule has 1 aliphatic rings. The fraction of sp³-hybridized carbons (Fsp3) is 0.600. The highest BCUT2D eigenvalue weighted by molar-refractivity contribution is 5.14. The molecule has 2 heteroatoms. The predicted molar refractivity (Wildman–Crippen MR) is 73.0 cm³/mol. The predicted octanol–water partition coefficient (Wildman–Crippen LogP) is 2.51. The third kappa shape index (κ3) is 3.30. The van der Waals surface area contributed by atoms with Gasteiger partial charge in [0.25, 0.3) is 0 Å². The zero-order chi connectivity index (χ0) is 12.1. The molecule has 0 radical (unpaired) electrons. The third-order valence-electron chi connectivity index (χ3n) is 3.98. The van der Waals surface area contributed by atoms with E-state index in [1.54, 1.807) is 0 Å². The molecular weight excluding hydrogens is 208 g/mol. The lowest BCUT2D eigenvalue weighted by atomic mass is 9.84. The van der Waals surface area contributed by atoms with E-state index in [0.717, 1.165) is 6.54 Å². The molecule has 17 heavy (non-hydrogen) atoms. The molecule has 1 saturated heterocycles. The molecule has 1 aromatic carbocycles. The number of nitrogens with zero attached hydrogens (tertiary/aromatic N) is 1. The Labute approximate surface area is 105 Å². The Morgan fingerprint density at radius 1 is 1.29 bits per heavy atom. The van der Waals surface area contributed by atoms with Gasteiger partial charge in [0.15, 0.2) is 0 Å². The van der Waals surface area contributed by atoms with E-state index >= 15 is 0 Å². The van der Waals surface area contributed by atoms with Gasteiger partial charge in [0.05, 0.1) is 0 Å². The normalized spacial score (nSPS) is 24.4. The smallest absolute Gasteiger partial charge is 0.0230 e. The molecule has 0 aliphatic carbocycles. The van der Waals surface area contributed by atoms with Gasteiger partial charge in [-0.25, -0.2) is 0 Å². The molecule has 2 nitrogen and oxygen atoms in total. The van der Waals surface area contributed by atoms with E-state index in [9.17, 15) is 0 Å². The molecule has 0 spiro atoms. The Kier molecular flexibility index (Phi) is 4.19. The quantitative estimate of drug-likeness (QED) is 0.839. The molecule has 1 atom stereocenters. The fourth-order valence-electron chi connectivity index (χ4n) is 2.87. The van der Waals surface area contributed by atoms with Crippen LogP contribution in [0.4, 0.5) is 0 Å². The molecule has 1 fully saturated rings. The van der Waals surface area contributed by atoms with Crippen molar-refractivity contribution < 1.29 is 0 Å². The number of rotatable bonds is 5. The summed E-state index contributed by atoms with van der Waals surface area (Å²) in [6.07, 6.45) is 2.60. The van der Waals surface area contributed by atoms with Gasteiger partial charge in [-0.1, -0.05) is 37.3 Å². The minimum atomic E-state index is 0.504. The maximum atomic E-state index is 3.51. The summed E-state index contributed by atoms with van der Waals surface area (Å²) in [7, 11) is 2.24. The first-order valence-corrected chi connectivity index (χ1v) is 6.67. The largest absolute Gasteiger partial charge is 0.316 e. The van der Waals surface area contributed by atoms with Crippen LogP contribution in [-0.4, -0.2) is 31.6 Å². The Bertz CT molecular complexity index is 328. The van der Waals surface area contributed by atoms with Crippen molar-refractivity contribution in [3.63, 3.8) is 0 Å². The van der Waals surface area contributed by atoms with Gasteiger partial charge >= 0.3 is 0 Å². The molecule has 0 saturated carbocycles. The Hall–Kier alpha value is -0.860. The van der Waals surface area contributed by atoms with Crippen LogP contribution in [0.3, 0.4) is 0 Å². The van der Waals surface area contributed by atoms with Crippen molar-refractivity contribution in [1.82, 2.24) is 10.2 Å². The summed E-state index contributed by atoms with van der Waals surface area (Å²) < 4.78 is 0. The summed E-state index contributed by atoms with van der Waals surface area (Å²) >= 11 is 0. The standard InChI is InChI=1S/C15H24N2/c1-3-15(9-10-16-12-15)13-17(2)11-14-7-5-4-6-8-14/h4-8,16H,3,9-13H2,1-2H3. The van der Waals surface area contributed by atoms with E-state index in [4.69, 9.17) is 0 Å². The summed E-state index contributed by atoms with van der Waals surface area (Å²) in [5, 5.41) is 3.51. The highest BCUT2D eigenvalue weighted by Gasteiger charge is 2.32. The van der Waals surface area contributed by atoms with E-state index in [1.807, 2.05) is 0 Å². The maximum Gasteiger partial charge on any atom is 0.0230 e. The van der Waals surface area contributed by atoms with Gasteiger partial charge in [0.2, 0.25) is 0 Å². The zero-order valence-electron chi connectivity index (χ0n) is 11.1. The van der Waals surface area contributed by atoms with Crippen molar-refractivity contribution in [3.05, 3.63) is 35.9 Å². The van der Waals surface area contributed by atoms with Gasteiger partial charge in [-0.2, -0.15) is 0 Å². The van der Waals surface area contributed by atoms with Crippen LogP contribution in [0.15, 0.2) is 30.3 Å². The number of hydrogen-bond acceptors (Lipinski definition) is 2. The monoisotopic (exact) mass is 232 g/mol. The minimum absolute atomic E-state index is 0.504. The molecule has 1 aliphatic heterocycles. The van der Waals surface area contributed by atoms with Crippen LogP contribution in [0, 0.1) is 5.41 Å². The summed E-state index contributed by atoms with van der Waals surface area (Å²) in [5.41, 5.74) is 1.91. The first kappa shape index (κ1) is 12.6. The van der Waals surface area contributed by atoms with Crippen molar-refractivity contribution in [2.75, 3.05) is 26.7 Å². The highest BCUT2D eigenvalue weighted by atomic mass is 15.1. The van der Waals surface area contributed by atoms with Gasteiger partial charge in [0.1, 0.15) is 0 Å². The van der Waals surface area contributed by atoms with Crippen molar-refractivity contribution in [3.8, 4) is 0 Å². The molecular formula is C15H24N2. The minimum Gasteiger partial charge on any atom is -0.316 e. The van der Waals surface area contributed by atoms with Gasteiger partial charge in [-0.15, -0.1) is 0 Å². The van der Waals surface area contributed by atoms with Gasteiger partial charge in [0, 0.05) is 19.6 Å². The van der Waals surface area contributed by atoms with Crippen LogP contribution in [0.25, 0.3) is 0 Å². The van der Waals surface area contributed by atoms with Crippen LogP contribution in [0.5, 0.6) is 0 Å². The molecule has 0 aromatic heterocycles. The van der Waals surface area contributed by atoms with E-state index < -0.39 is 0 Å². The Morgan fingerprint density at radius 2 is 2.06 bits per heavy atom. The average molecular weight is 232 g/mol. The Balaban J connectivity index is 1.90. The van der Waals surface area contributed by atoms with Crippen LogP contribution >= 0.6 is 0 Å². The summed E-state index contributed by atoms with van der Waals surface area (Å²) in [5.74, 6) is 0. The van der Waals surface area contributed by atoms with Gasteiger partial charge in [-0.05, 0) is 37.4 Å². The van der Waals surface area contributed by atoms with Crippen LogP contribution in [0.2, 0.25) is 0 Å². The molecule has 2 rings (SSSR count). The second-order valence-corrected chi connectivity index (χ2v) is 5.44. The number of hydrogen-bond donors (Lipinski definition) is 1. The third-order valence-corrected chi connectivity index (χ3v) is 3.98. The molecule has 0 amide bonds. The van der Waals surface area contributed by atoms with E-state index in [1.165, 1.54) is 38.0 Å². The van der Waals surface area contributed by atoms with Crippen molar-refractivity contribution in [2.45, 2.75) is 26.3 Å². The second-order valence-electron chi connectivity index (χ2n) is 5.44. The van der Waals surface area contributed by atoms with Crippen molar-refractivity contribution in [1.29, 1.82) is 0 Å². The molecule has 1 aromatic rings. The first-order chi connectivity index (χ1) is 8.24. The highest BCUT2D eigenvalue weighted by Crippen LogP contribution is 2.30. The lowest BCUT2D eigenvalue weighted by molar-refractivity contribution is 0.179. The van der Waals surface area contributed by atoms with Crippen LogP contribution in [-0.2, 0) is 6.54 Å². The lowest BCUT2D eigenvalue weighted by Crippen LogP contribution is -2.36. The molecule has 94 valence electrons. The van der Waals surface area contributed by atoms with Crippen LogP contribution < -0.4 is 5.32 Å². The van der Waals surface area contributed by atoms with Gasteiger partial charge < -0.3 is 10.2 Å². The number of benzene rings is 1. The summed E-state index contributed by atoms with van der Waals surface area (Å²) in [6.45, 7) is 6.95. The summed E-state index contributed by atoms with van der Waals surface area (Å²) in [4.78, 5) is 2.46. The maximum absolute atomic E-state index is 3.51. The summed E-state index contributed by atoms with van der Waals surface area (Å²) in [6, 6.07) is 10.7. The zero-order valence-corrected chi connectivity index (χ0v) is 11.1. The number of nitrogens with one attached hydrogen (secondary N) is 1. The van der Waals surface area contributed by atoms with Crippen LogP contribution in [0.1, 0.15) is 25.3 Å². The molecule has 1 N–H and O–H groups in total. The molecule has 1 unspecified atom stereocenters. The SMILES string of the molecule is CCC1(CN(C)Cc2ccccc2)CCNC1. The second kappa shape index (κ2) is 5.65. The Morgan fingerprint density at radius 3 is 2.65 bits per heavy atom. The molecule has 1 heterocycles.